The summed E-state index contributed by atoms with van der Waals surface area (Å²) in [6.07, 6.45) is 0. The van der Waals surface area contributed by atoms with Gasteiger partial charge >= 0.3 is 0 Å². The van der Waals surface area contributed by atoms with Crippen LogP contribution in [0.4, 0.5) is 0 Å². The number of rotatable bonds is 1. The van der Waals surface area contributed by atoms with E-state index in [1.807, 2.05) is 0 Å². The van der Waals surface area contributed by atoms with Crippen LogP contribution < -0.4 is 0 Å². The maximum atomic E-state index is 2.29. The molecule has 0 saturated heterocycles. The van der Waals surface area contributed by atoms with Gasteiger partial charge < -0.3 is 0 Å². The fourth-order valence-electron chi connectivity index (χ4n) is 1.24. The Kier molecular flexibility index (Phi) is 6.55. The first-order chi connectivity index (χ1) is 5.52. The molecule has 0 heteroatoms. The molecule has 1 atom stereocenters. The molecule has 1 unspecified atom stereocenters. The molecule has 0 fully saturated rings. The van der Waals surface area contributed by atoms with Crippen LogP contribution >= 0.6 is 0 Å². The average Bonchev–Trinajstić information content (AvgIpc) is 2.03. The van der Waals surface area contributed by atoms with Gasteiger partial charge in [0.2, 0.25) is 0 Å². The highest BCUT2D eigenvalue weighted by molar-refractivity contribution is 5.20. The van der Waals surface area contributed by atoms with Gasteiger partial charge in [-0.2, -0.15) is 0 Å². The van der Waals surface area contributed by atoms with E-state index in [9.17, 15) is 0 Å². The minimum Gasteiger partial charge on any atom is -0.0776 e. The normalized spacial score (nSPS) is 12.3. The zero-order chi connectivity index (χ0) is 9.19. The van der Waals surface area contributed by atoms with E-state index in [2.05, 4.69) is 58.0 Å². The summed E-state index contributed by atoms with van der Waals surface area (Å²) in [5.41, 5.74) is 1.80. The van der Waals surface area contributed by atoms with Crippen molar-refractivity contribution in [2.24, 2.45) is 5.41 Å². The Balaban J connectivity index is 0. The predicted molar refractivity (Wildman–Crippen MR) is 67.8 cm³/mol. The zero-order valence-electron chi connectivity index (χ0n) is 8.46. The Morgan fingerprint density at radius 1 is 0.929 bits per heavy atom. The highest BCUT2D eigenvalue weighted by Gasteiger charge is 2.20. The van der Waals surface area contributed by atoms with Crippen LogP contribution in [0.5, 0.6) is 0 Å². The molecule has 0 saturated carbocycles. The molecular weight excluding hydrogens is 168 g/mol. The second-order valence-corrected chi connectivity index (χ2v) is 4.50. The fourth-order valence-corrected chi connectivity index (χ4v) is 1.24. The van der Waals surface area contributed by atoms with Gasteiger partial charge in [-0.1, -0.05) is 72.9 Å². The van der Waals surface area contributed by atoms with Gasteiger partial charge in [-0.3, -0.25) is 0 Å². The predicted octanol–water partition coefficient (Wildman–Crippen LogP) is 5.11. The molecule has 0 nitrogen and oxygen atoms in total. The first kappa shape index (κ1) is 15.7. The van der Waals surface area contributed by atoms with Gasteiger partial charge in [0, 0.05) is 0 Å². The highest BCUT2D eigenvalue weighted by atomic mass is 14.3. The summed E-state index contributed by atoms with van der Waals surface area (Å²) in [5, 5.41) is 0. The number of hydrogen-bond donors (Lipinski definition) is 0. The SMILES string of the molecule is C.C.CC(c1ccccc1)C(C)(C)C. The summed E-state index contributed by atoms with van der Waals surface area (Å²) >= 11 is 0. The van der Waals surface area contributed by atoms with Crippen molar-refractivity contribution >= 4 is 0 Å². The van der Waals surface area contributed by atoms with Crippen LogP contribution in [0.15, 0.2) is 30.3 Å². The van der Waals surface area contributed by atoms with Gasteiger partial charge in [0.05, 0.1) is 0 Å². The molecule has 0 amide bonds. The van der Waals surface area contributed by atoms with Crippen LogP contribution in [-0.2, 0) is 0 Å². The smallest absolute Gasteiger partial charge is 0.0142 e. The second-order valence-electron chi connectivity index (χ2n) is 4.50. The molecule has 0 bridgehead atoms. The van der Waals surface area contributed by atoms with Gasteiger partial charge in [-0.25, -0.2) is 0 Å². The molecule has 0 spiro atoms. The lowest BCUT2D eigenvalue weighted by molar-refractivity contribution is 0.339. The van der Waals surface area contributed by atoms with Gasteiger partial charge in [-0.15, -0.1) is 0 Å². The van der Waals surface area contributed by atoms with E-state index in [0.717, 1.165) is 0 Å². The largest absolute Gasteiger partial charge is 0.0776 e. The minimum atomic E-state index is 0. The molecule has 0 aliphatic carbocycles. The molecule has 0 heterocycles. The number of hydrogen-bond acceptors (Lipinski definition) is 0. The fraction of sp³-hybridized carbons (Fsp3) is 0.571. The number of benzene rings is 1. The van der Waals surface area contributed by atoms with E-state index in [1.165, 1.54) is 5.56 Å². The highest BCUT2D eigenvalue weighted by Crippen LogP contribution is 2.33. The third-order valence-corrected chi connectivity index (χ3v) is 2.60. The molecule has 1 rings (SSSR count). The quantitative estimate of drug-likeness (QED) is 0.583. The molecule has 1 aromatic rings. The summed E-state index contributed by atoms with van der Waals surface area (Å²) in [7, 11) is 0. The Hall–Kier alpha value is -0.780. The van der Waals surface area contributed by atoms with Crippen molar-refractivity contribution in [3.63, 3.8) is 0 Å². The lowest BCUT2D eigenvalue weighted by Gasteiger charge is -2.27. The Labute approximate surface area is 90.4 Å². The van der Waals surface area contributed by atoms with Crippen molar-refractivity contribution in [1.29, 1.82) is 0 Å². The van der Waals surface area contributed by atoms with Crippen molar-refractivity contribution in [2.45, 2.75) is 48.5 Å². The van der Waals surface area contributed by atoms with Crippen LogP contribution in [-0.4, -0.2) is 0 Å². The van der Waals surface area contributed by atoms with E-state index >= 15 is 0 Å². The molecule has 0 aliphatic rings. The molecule has 82 valence electrons. The van der Waals surface area contributed by atoms with E-state index < -0.39 is 0 Å². The molecule has 14 heavy (non-hydrogen) atoms. The third-order valence-electron chi connectivity index (χ3n) is 2.60. The van der Waals surface area contributed by atoms with Crippen LogP contribution in [0.1, 0.15) is 54.0 Å². The molecule has 0 aromatic heterocycles. The van der Waals surface area contributed by atoms with Gasteiger partial charge in [-0.05, 0) is 16.9 Å². The van der Waals surface area contributed by atoms with Crippen LogP contribution in [0.3, 0.4) is 0 Å². The van der Waals surface area contributed by atoms with Gasteiger partial charge in [0.1, 0.15) is 0 Å². The first-order valence-electron chi connectivity index (χ1n) is 4.57. The average molecular weight is 194 g/mol. The molecular formula is C14H26. The monoisotopic (exact) mass is 194 g/mol. The molecule has 1 aromatic carbocycles. The molecule has 0 radical (unpaired) electrons. The Morgan fingerprint density at radius 2 is 1.36 bits per heavy atom. The van der Waals surface area contributed by atoms with Crippen molar-refractivity contribution in [2.75, 3.05) is 0 Å². The lowest BCUT2D eigenvalue weighted by Crippen LogP contribution is -2.14. The molecule has 0 N–H and O–H groups in total. The maximum Gasteiger partial charge on any atom is -0.0142 e. The van der Waals surface area contributed by atoms with Crippen LogP contribution in [0.2, 0.25) is 0 Å². The van der Waals surface area contributed by atoms with Gasteiger partial charge in [0.25, 0.3) is 0 Å². The summed E-state index contributed by atoms with van der Waals surface area (Å²) in [6, 6.07) is 10.7. The van der Waals surface area contributed by atoms with Crippen molar-refractivity contribution in [1.82, 2.24) is 0 Å². The van der Waals surface area contributed by atoms with E-state index in [0.29, 0.717) is 11.3 Å². The van der Waals surface area contributed by atoms with Crippen molar-refractivity contribution < 1.29 is 0 Å². The topological polar surface area (TPSA) is 0 Å². The Bertz CT molecular complexity index is 228. The standard InChI is InChI=1S/C12H18.2CH4/c1-10(12(2,3)4)11-8-6-5-7-9-11;;/h5-10H,1-4H3;2*1H4. The summed E-state index contributed by atoms with van der Waals surface area (Å²) in [4.78, 5) is 0. The molecule has 0 aliphatic heterocycles. The van der Waals surface area contributed by atoms with E-state index in [4.69, 9.17) is 0 Å². The third kappa shape index (κ3) is 3.95. The maximum absolute atomic E-state index is 2.29. The first-order valence-corrected chi connectivity index (χ1v) is 4.57. The minimum absolute atomic E-state index is 0. The lowest BCUT2D eigenvalue weighted by atomic mass is 9.78. The summed E-state index contributed by atoms with van der Waals surface area (Å²) < 4.78 is 0. The zero-order valence-corrected chi connectivity index (χ0v) is 8.46. The second kappa shape index (κ2) is 5.85. The van der Waals surface area contributed by atoms with Crippen LogP contribution in [0, 0.1) is 5.41 Å². The van der Waals surface area contributed by atoms with Crippen molar-refractivity contribution in [3.05, 3.63) is 35.9 Å². The van der Waals surface area contributed by atoms with E-state index in [1.54, 1.807) is 0 Å². The van der Waals surface area contributed by atoms with E-state index in [-0.39, 0.29) is 14.9 Å². The summed E-state index contributed by atoms with van der Waals surface area (Å²) in [5.74, 6) is 0.624. The van der Waals surface area contributed by atoms with Gasteiger partial charge in [0.15, 0.2) is 0 Å². The van der Waals surface area contributed by atoms with Crippen LogP contribution in [0.25, 0.3) is 0 Å². The Morgan fingerprint density at radius 3 is 1.71 bits per heavy atom. The summed E-state index contributed by atoms with van der Waals surface area (Å²) in [6.45, 7) is 9.13. The van der Waals surface area contributed by atoms with Crippen molar-refractivity contribution in [3.8, 4) is 0 Å².